The SMILES string of the molecule is NCc1cccc(Br)c1OCC1CC2CCC1C2. The second kappa shape index (κ2) is 5.22. The Hall–Kier alpha value is -0.540. The summed E-state index contributed by atoms with van der Waals surface area (Å²) in [5.74, 6) is 3.61. The summed E-state index contributed by atoms with van der Waals surface area (Å²) in [6.45, 7) is 1.39. The van der Waals surface area contributed by atoms with Crippen molar-refractivity contribution in [3.63, 3.8) is 0 Å². The molecule has 3 heteroatoms. The first-order chi connectivity index (χ1) is 8.78. The molecule has 1 aromatic rings. The van der Waals surface area contributed by atoms with Crippen LogP contribution in [-0.2, 0) is 6.54 Å². The number of para-hydroxylation sites is 1. The lowest BCUT2D eigenvalue weighted by atomic mass is 9.89. The van der Waals surface area contributed by atoms with Gasteiger partial charge in [0.15, 0.2) is 0 Å². The van der Waals surface area contributed by atoms with Crippen LogP contribution >= 0.6 is 15.9 Å². The highest BCUT2D eigenvalue weighted by molar-refractivity contribution is 9.10. The molecule has 0 amide bonds. The summed E-state index contributed by atoms with van der Waals surface area (Å²) in [5, 5.41) is 0. The van der Waals surface area contributed by atoms with Gasteiger partial charge in [-0.1, -0.05) is 18.6 Å². The normalized spacial score (nSPS) is 29.8. The molecule has 3 unspecified atom stereocenters. The van der Waals surface area contributed by atoms with Gasteiger partial charge < -0.3 is 10.5 Å². The molecule has 2 nitrogen and oxygen atoms in total. The Kier molecular flexibility index (Phi) is 3.62. The fourth-order valence-electron chi connectivity index (χ4n) is 3.65. The average Bonchev–Trinajstić information content (AvgIpc) is 2.99. The number of hydrogen-bond donors (Lipinski definition) is 1. The van der Waals surface area contributed by atoms with Crippen LogP contribution in [0.1, 0.15) is 31.2 Å². The second-order valence-corrected chi connectivity index (χ2v) is 6.53. The fourth-order valence-corrected chi connectivity index (χ4v) is 4.17. The highest BCUT2D eigenvalue weighted by Crippen LogP contribution is 2.48. The van der Waals surface area contributed by atoms with Gasteiger partial charge in [0.2, 0.25) is 0 Å². The van der Waals surface area contributed by atoms with E-state index in [-0.39, 0.29) is 0 Å². The molecule has 0 spiro atoms. The number of halogens is 1. The summed E-state index contributed by atoms with van der Waals surface area (Å²) >= 11 is 3.56. The zero-order chi connectivity index (χ0) is 12.5. The van der Waals surface area contributed by atoms with Gasteiger partial charge in [-0.25, -0.2) is 0 Å². The van der Waals surface area contributed by atoms with Crippen LogP contribution in [0.2, 0.25) is 0 Å². The average molecular weight is 310 g/mol. The molecule has 2 fully saturated rings. The lowest BCUT2D eigenvalue weighted by molar-refractivity contribution is 0.193. The van der Waals surface area contributed by atoms with Gasteiger partial charge in [-0.2, -0.15) is 0 Å². The Morgan fingerprint density at radius 3 is 2.83 bits per heavy atom. The number of fused-ring (bicyclic) bond motifs is 2. The molecule has 18 heavy (non-hydrogen) atoms. The van der Waals surface area contributed by atoms with Crippen molar-refractivity contribution in [2.24, 2.45) is 23.5 Å². The molecule has 2 bridgehead atoms. The largest absolute Gasteiger partial charge is 0.492 e. The van der Waals surface area contributed by atoms with E-state index in [1.54, 1.807) is 0 Å². The molecule has 3 rings (SSSR count). The molecule has 3 atom stereocenters. The van der Waals surface area contributed by atoms with E-state index in [1.807, 2.05) is 18.2 Å². The van der Waals surface area contributed by atoms with Crippen molar-refractivity contribution in [1.82, 2.24) is 0 Å². The number of benzene rings is 1. The van der Waals surface area contributed by atoms with Crippen LogP contribution in [0.5, 0.6) is 5.75 Å². The first-order valence-corrected chi connectivity index (χ1v) is 7.67. The molecule has 2 aliphatic rings. The molecule has 0 aliphatic heterocycles. The van der Waals surface area contributed by atoms with Crippen molar-refractivity contribution < 1.29 is 4.74 Å². The van der Waals surface area contributed by atoms with Crippen molar-refractivity contribution in [1.29, 1.82) is 0 Å². The predicted octanol–water partition coefficient (Wildman–Crippen LogP) is 3.72. The van der Waals surface area contributed by atoms with Crippen molar-refractivity contribution >= 4 is 15.9 Å². The lowest BCUT2D eigenvalue weighted by Crippen LogP contribution is -2.19. The monoisotopic (exact) mass is 309 g/mol. The molecule has 2 saturated carbocycles. The van der Waals surface area contributed by atoms with E-state index in [9.17, 15) is 0 Å². The molecule has 2 N–H and O–H groups in total. The van der Waals surface area contributed by atoms with E-state index in [1.165, 1.54) is 25.7 Å². The Balaban J connectivity index is 1.66. The van der Waals surface area contributed by atoms with Crippen LogP contribution in [-0.4, -0.2) is 6.61 Å². The zero-order valence-electron chi connectivity index (χ0n) is 10.6. The van der Waals surface area contributed by atoms with Gasteiger partial charge >= 0.3 is 0 Å². The zero-order valence-corrected chi connectivity index (χ0v) is 12.2. The maximum Gasteiger partial charge on any atom is 0.137 e. The van der Waals surface area contributed by atoms with Crippen molar-refractivity contribution in [3.8, 4) is 5.75 Å². The predicted molar refractivity (Wildman–Crippen MR) is 76.5 cm³/mol. The summed E-state index contributed by atoms with van der Waals surface area (Å²) < 4.78 is 7.09. The van der Waals surface area contributed by atoms with E-state index < -0.39 is 0 Å². The third-order valence-corrected chi connectivity index (χ3v) is 5.22. The van der Waals surface area contributed by atoms with Gasteiger partial charge in [0.05, 0.1) is 11.1 Å². The third kappa shape index (κ3) is 2.30. The smallest absolute Gasteiger partial charge is 0.137 e. The number of nitrogens with two attached hydrogens (primary N) is 1. The van der Waals surface area contributed by atoms with E-state index in [0.29, 0.717) is 6.54 Å². The minimum absolute atomic E-state index is 0.533. The summed E-state index contributed by atoms with van der Waals surface area (Å²) in [7, 11) is 0. The summed E-state index contributed by atoms with van der Waals surface area (Å²) in [6, 6.07) is 6.08. The van der Waals surface area contributed by atoms with Gasteiger partial charge in [-0.05, 0) is 59.0 Å². The second-order valence-electron chi connectivity index (χ2n) is 5.68. The first kappa shape index (κ1) is 12.5. The Morgan fingerprint density at radius 1 is 1.28 bits per heavy atom. The summed E-state index contributed by atoms with van der Waals surface area (Å²) in [6.07, 6.45) is 5.67. The van der Waals surface area contributed by atoms with Crippen molar-refractivity contribution in [2.45, 2.75) is 32.2 Å². The maximum absolute atomic E-state index is 6.07. The highest BCUT2D eigenvalue weighted by atomic mass is 79.9. The van der Waals surface area contributed by atoms with E-state index in [2.05, 4.69) is 15.9 Å². The van der Waals surface area contributed by atoms with Crippen LogP contribution in [0.4, 0.5) is 0 Å². The summed E-state index contributed by atoms with van der Waals surface area (Å²) in [4.78, 5) is 0. The van der Waals surface area contributed by atoms with Gasteiger partial charge in [-0.3, -0.25) is 0 Å². The van der Waals surface area contributed by atoms with Gasteiger partial charge in [0.1, 0.15) is 5.75 Å². The first-order valence-electron chi connectivity index (χ1n) is 6.88. The van der Waals surface area contributed by atoms with Crippen molar-refractivity contribution in [3.05, 3.63) is 28.2 Å². The molecule has 1 aromatic carbocycles. The fraction of sp³-hybridized carbons (Fsp3) is 0.600. The molecule has 0 heterocycles. The van der Waals surface area contributed by atoms with Crippen LogP contribution in [0.15, 0.2) is 22.7 Å². The Bertz CT molecular complexity index is 435. The molecule has 98 valence electrons. The van der Waals surface area contributed by atoms with E-state index >= 15 is 0 Å². The molecule has 0 radical (unpaired) electrons. The van der Waals surface area contributed by atoms with E-state index in [0.717, 1.165) is 40.1 Å². The topological polar surface area (TPSA) is 35.2 Å². The highest BCUT2D eigenvalue weighted by Gasteiger charge is 2.39. The standard InChI is InChI=1S/C15H20BrNO/c16-14-3-1-2-12(8-17)15(14)18-9-13-7-10-4-5-11(13)6-10/h1-3,10-11,13H,4-9,17H2. The molecule has 2 aliphatic carbocycles. The minimum atomic E-state index is 0.533. The molecular formula is C15H20BrNO. The quantitative estimate of drug-likeness (QED) is 0.920. The van der Waals surface area contributed by atoms with Gasteiger partial charge in [0, 0.05) is 12.1 Å². The number of ether oxygens (including phenoxy) is 1. The number of hydrogen-bond acceptors (Lipinski definition) is 2. The summed E-state index contributed by atoms with van der Waals surface area (Å²) in [5.41, 5.74) is 6.85. The Morgan fingerprint density at radius 2 is 2.17 bits per heavy atom. The van der Waals surface area contributed by atoms with Gasteiger partial charge in [0.25, 0.3) is 0 Å². The lowest BCUT2D eigenvalue weighted by Gasteiger charge is -2.23. The van der Waals surface area contributed by atoms with Gasteiger partial charge in [-0.15, -0.1) is 0 Å². The molecular weight excluding hydrogens is 290 g/mol. The van der Waals surface area contributed by atoms with Crippen LogP contribution < -0.4 is 10.5 Å². The molecule has 0 saturated heterocycles. The Labute approximate surface area is 117 Å². The number of rotatable bonds is 4. The van der Waals surface area contributed by atoms with Crippen LogP contribution in [0, 0.1) is 17.8 Å². The third-order valence-electron chi connectivity index (χ3n) is 4.59. The van der Waals surface area contributed by atoms with E-state index in [4.69, 9.17) is 10.5 Å². The molecule has 0 aromatic heterocycles. The maximum atomic E-state index is 6.07. The van der Waals surface area contributed by atoms with Crippen molar-refractivity contribution in [2.75, 3.05) is 6.61 Å². The minimum Gasteiger partial charge on any atom is -0.492 e. The van der Waals surface area contributed by atoms with Crippen LogP contribution in [0.3, 0.4) is 0 Å². The van der Waals surface area contributed by atoms with Crippen LogP contribution in [0.25, 0.3) is 0 Å².